The van der Waals surface area contributed by atoms with E-state index in [4.69, 9.17) is 0 Å². The van der Waals surface area contributed by atoms with Crippen molar-refractivity contribution < 1.29 is 0 Å². The number of aromatic nitrogens is 1. The molecule has 3 heteroatoms. The first-order valence-electron chi connectivity index (χ1n) is 7.57. The van der Waals surface area contributed by atoms with Gasteiger partial charge in [0.15, 0.2) is 0 Å². The zero-order chi connectivity index (χ0) is 15.1. The van der Waals surface area contributed by atoms with Gasteiger partial charge in [-0.3, -0.25) is 9.88 Å². The largest absolute Gasteiger partial charge is 0.313 e. The number of hydrogen-bond donors (Lipinski definition) is 1. The van der Waals surface area contributed by atoms with Gasteiger partial charge in [0.2, 0.25) is 0 Å². The highest BCUT2D eigenvalue weighted by Gasteiger charge is 2.03. The fourth-order valence-electron chi connectivity index (χ4n) is 2.36. The molecule has 2 rings (SSSR count). The van der Waals surface area contributed by atoms with E-state index in [1.165, 1.54) is 11.1 Å². The van der Waals surface area contributed by atoms with Crippen LogP contribution in [0.4, 0.5) is 0 Å². The Morgan fingerprint density at radius 3 is 2.38 bits per heavy atom. The molecule has 3 nitrogen and oxygen atoms in total. The summed E-state index contributed by atoms with van der Waals surface area (Å²) in [4.78, 5) is 6.85. The molecule has 0 saturated heterocycles. The Morgan fingerprint density at radius 2 is 1.71 bits per heavy atom. The molecular formula is C18H25N3. The van der Waals surface area contributed by atoms with E-state index >= 15 is 0 Å². The summed E-state index contributed by atoms with van der Waals surface area (Å²) in [6.45, 7) is 7.93. The molecular weight excluding hydrogens is 258 g/mol. The van der Waals surface area contributed by atoms with Crippen LogP contribution in [0.3, 0.4) is 0 Å². The number of nitrogens with zero attached hydrogens (tertiary/aromatic N) is 2. The highest BCUT2D eigenvalue weighted by Crippen LogP contribution is 2.09. The lowest BCUT2D eigenvalue weighted by Gasteiger charge is -2.16. The van der Waals surface area contributed by atoms with Crippen LogP contribution in [0.1, 0.15) is 29.4 Å². The molecule has 0 radical (unpaired) electrons. The van der Waals surface area contributed by atoms with Gasteiger partial charge in [-0.2, -0.15) is 0 Å². The van der Waals surface area contributed by atoms with Crippen molar-refractivity contribution in [1.29, 1.82) is 0 Å². The maximum Gasteiger partial charge on any atom is 0.0547 e. The average Bonchev–Trinajstić information content (AvgIpc) is 2.46. The molecule has 1 aromatic carbocycles. The number of aryl methyl sites for hydroxylation is 1. The Labute approximate surface area is 128 Å². The van der Waals surface area contributed by atoms with Crippen LogP contribution >= 0.6 is 0 Å². The molecule has 1 N–H and O–H groups in total. The zero-order valence-electron chi connectivity index (χ0n) is 13.3. The first-order valence-corrected chi connectivity index (χ1v) is 7.57. The summed E-state index contributed by atoms with van der Waals surface area (Å²) in [7, 11) is 2.14. The van der Waals surface area contributed by atoms with Crippen LogP contribution in [0.25, 0.3) is 0 Å². The number of rotatable bonds is 7. The molecule has 0 aliphatic heterocycles. The monoisotopic (exact) mass is 283 g/mol. The number of nitrogens with one attached hydrogen (secondary N) is 1. The van der Waals surface area contributed by atoms with Gasteiger partial charge in [0, 0.05) is 25.3 Å². The summed E-state index contributed by atoms with van der Waals surface area (Å²) in [5, 5.41) is 3.34. The molecule has 0 aliphatic carbocycles. The minimum Gasteiger partial charge on any atom is -0.313 e. The van der Waals surface area contributed by atoms with Gasteiger partial charge in [0.25, 0.3) is 0 Å². The number of pyridine rings is 1. The Bertz CT molecular complexity index is 549. The van der Waals surface area contributed by atoms with Crippen molar-refractivity contribution >= 4 is 0 Å². The van der Waals surface area contributed by atoms with Crippen molar-refractivity contribution in [1.82, 2.24) is 15.2 Å². The maximum absolute atomic E-state index is 4.55. The van der Waals surface area contributed by atoms with E-state index in [9.17, 15) is 0 Å². The molecule has 1 aromatic heterocycles. The van der Waals surface area contributed by atoms with Crippen LogP contribution in [-0.2, 0) is 19.6 Å². The predicted molar refractivity (Wildman–Crippen MR) is 88.0 cm³/mol. The van der Waals surface area contributed by atoms with Gasteiger partial charge in [-0.25, -0.2) is 0 Å². The second kappa shape index (κ2) is 7.91. The van der Waals surface area contributed by atoms with E-state index in [-0.39, 0.29) is 0 Å². The number of benzene rings is 1. The fourth-order valence-corrected chi connectivity index (χ4v) is 2.36. The van der Waals surface area contributed by atoms with Crippen molar-refractivity contribution in [3.63, 3.8) is 0 Å². The molecule has 0 unspecified atom stereocenters. The average molecular weight is 283 g/mol. The molecule has 0 bridgehead atoms. The predicted octanol–water partition coefficient (Wildman–Crippen LogP) is 3.13. The van der Waals surface area contributed by atoms with E-state index in [0.29, 0.717) is 0 Å². The van der Waals surface area contributed by atoms with Gasteiger partial charge in [0.1, 0.15) is 0 Å². The Balaban J connectivity index is 1.88. The third-order valence-corrected chi connectivity index (χ3v) is 3.43. The van der Waals surface area contributed by atoms with Crippen LogP contribution in [0.15, 0.2) is 42.5 Å². The van der Waals surface area contributed by atoms with Gasteiger partial charge in [0.05, 0.1) is 5.69 Å². The molecule has 0 saturated carbocycles. The SMILES string of the molecule is CCNCc1ccc(CN(C)Cc2cccc(C)n2)cc1. The summed E-state index contributed by atoms with van der Waals surface area (Å²) >= 11 is 0. The van der Waals surface area contributed by atoms with Gasteiger partial charge < -0.3 is 5.32 Å². The van der Waals surface area contributed by atoms with E-state index in [0.717, 1.165) is 37.6 Å². The van der Waals surface area contributed by atoms with Gasteiger partial charge in [-0.15, -0.1) is 0 Å². The highest BCUT2D eigenvalue weighted by molar-refractivity contribution is 5.22. The highest BCUT2D eigenvalue weighted by atomic mass is 15.1. The van der Waals surface area contributed by atoms with Crippen molar-refractivity contribution in [2.24, 2.45) is 0 Å². The summed E-state index contributed by atoms with van der Waals surface area (Å²) in [5.41, 5.74) is 4.88. The van der Waals surface area contributed by atoms with Gasteiger partial charge >= 0.3 is 0 Å². The lowest BCUT2D eigenvalue weighted by molar-refractivity contribution is 0.315. The first kappa shape index (κ1) is 15.7. The fraction of sp³-hybridized carbons (Fsp3) is 0.389. The topological polar surface area (TPSA) is 28.2 Å². The Kier molecular flexibility index (Phi) is 5.90. The molecule has 0 aliphatic rings. The van der Waals surface area contributed by atoms with E-state index in [1.54, 1.807) is 0 Å². The van der Waals surface area contributed by atoms with Crippen LogP contribution in [0.5, 0.6) is 0 Å². The molecule has 1 heterocycles. The van der Waals surface area contributed by atoms with Crippen LogP contribution in [0.2, 0.25) is 0 Å². The van der Waals surface area contributed by atoms with Crippen LogP contribution in [0, 0.1) is 6.92 Å². The smallest absolute Gasteiger partial charge is 0.0547 e. The third-order valence-electron chi connectivity index (χ3n) is 3.43. The van der Waals surface area contributed by atoms with Gasteiger partial charge in [-0.1, -0.05) is 37.3 Å². The Hall–Kier alpha value is -1.71. The van der Waals surface area contributed by atoms with Crippen LogP contribution in [-0.4, -0.2) is 23.5 Å². The molecule has 0 fully saturated rings. The normalized spacial score (nSPS) is 11.0. The first-order chi connectivity index (χ1) is 10.2. The molecule has 2 aromatic rings. The lowest BCUT2D eigenvalue weighted by atomic mass is 10.1. The minimum absolute atomic E-state index is 0.876. The van der Waals surface area contributed by atoms with Crippen molar-refractivity contribution in [3.8, 4) is 0 Å². The van der Waals surface area contributed by atoms with Crippen LogP contribution < -0.4 is 5.32 Å². The Morgan fingerprint density at radius 1 is 1.00 bits per heavy atom. The third kappa shape index (κ3) is 5.29. The zero-order valence-corrected chi connectivity index (χ0v) is 13.3. The molecule has 0 atom stereocenters. The summed E-state index contributed by atoms with van der Waals surface area (Å²) in [5.74, 6) is 0. The van der Waals surface area contributed by atoms with E-state index in [2.05, 4.69) is 65.6 Å². The van der Waals surface area contributed by atoms with Crippen molar-refractivity contribution in [3.05, 3.63) is 65.0 Å². The molecule has 112 valence electrons. The van der Waals surface area contributed by atoms with E-state index < -0.39 is 0 Å². The summed E-state index contributed by atoms with van der Waals surface area (Å²) < 4.78 is 0. The summed E-state index contributed by atoms with van der Waals surface area (Å²) in [6.07, 6.45) is 0. The molecule has 21 heavy (non-hydrogen) atoms. The van der Waals surface area contributed by atoms with Crippen molar-refractivity contribution in [2.45, 2.75) is 33.5 Å². The molecule has 0 amide bonds. The van der Waals surface area contributed by atoms with Crippen molar-refractivity contribution in [2.75, 3.05) is 13.6 Å². The second-order valence-corrected chi connectivity index (χ2v) is 5.54. The standard InChI is InChI=1S/C18H25N3/c1-4-19-12-16-8-10-17(11-9-16)13-21(3)14-18-7-5-6-15(2)20-18/h5-11,19H,4,12-14H2,1-3H3. The summed E-state index contributed by atoms with van der Waals surface area (Å²) in [6, 6.07) is 15.0. The second-order valence-electron chi connectivity index (χ2n) is 5.54. The minimum atomic E-state index is 0.876. The lowest BCUT2D eigenvalue weighted by Crippen LogP contribution is -2.18. The van der Waals surface area contributed by atoms with E-state index in [1.807, 2.05) is 13.0 Å². The quantitative estimate of drug-likeness (QED) is 0.846. The molecule has 0 spiro atoms. The number of hydrogen-bond acceptors (Lipinski definition) is 3. The van der Waals surface area contributed by atoms with Gasteiger partial charge in [-0.05, 0) is 43.8 Å². The maximum atomic E-state index is 4.55.